The molecule has 0 saturated heterocycles. The Kier molecular flexibility index (Phi) is 2.62. The molecular formula is C7H9F2N3O. The SMILES string of the molecule is NCc1[nH]c(=O)cc(C(F)F)c1N. The highest BCUT2D eigenvalue weighted by atomic mass is 19.3. The van der Waals surface area contributed by atoms with Crippen molar-refractivity contribution in [3.05, 3.63) is 27.7 Å². The summed E-state index contributed by atoms with van der Waals surface area (Å²) in [5.74, 6) is 0. The van der Waals surface area contributed by atoms with E-state index >= 15 is 0 Å². The second-order valence-corrected chi connectivity index (χ2v) is 2.49. The second-order valence-electron chi connectivity index (χ2n) is 2.49. The Morgan fingerprint density at radius 3 is 2.62 bits per heavy atom. The molecule has 0 atom stereocenters. The van der Waals surface area contributed by atoms with E-state index in [2.05, 4.69) is 4.98 Å². The van der Waals surface area contributed by atoms with Crippen molar-refractivity contribution in [2.24, 2.45) is 5.73 Å². The maximum absolute atomic E-state index is 12.3. The lowest BCUT2D eigenvalue weighted by Crippen LogP contribution is -2.16. The fraction of sp³-hybridized carbons (Fsp3) is 0.286. The number of H-pyrrole nitrogens is 1. The molecule has 0 amide bonds. The molecule has 1 aromatic heterocycles. The number of alkyl halides is 2. The molecule has 0 bridgehead atoms. The first-order valence-electron chi connectivity index (χ1n) is 3.56. The first-order chi connectivity index (χ1) is 6.06. The molecule has 0 aromatic carbocycles. The van der Waals surface area contributed by atoms with E-state index in [1.807, 2.05) is 0 Å². The molecule has 4 nitrogen and oxygen atoms in total. The van der Waals surface area contributed by atoms with Gasteiger partial charge < -0.3 is 16.5 Å². The predicted octanol–water partition coefficient (Wildman–Crippen LogP) is 0.353. The van der Waals surface area contributed by atoms with Gasteiger partial charge in [0.25, 0.3) is 6.43 Å². The maximum Gasteiger partial charge on any atom is 0.266 e. The zero-order valence-electron chi connectivity index (χ0n) is 6.68. The summed E-state index contributed by atoms with van der Waals surface area (Å²) in [6, 6.07) is 0.777. The Labute approximate surface area is 72.6 Å². The van der Waals surface area contributed by atoms with Crippen LogP contribution in [0.4, 0.5) is 14.5 Å². The molecular weight excluding hydrogens is 180 g/mol. The molecule has 72 valence electrons. The Bertz CT molecular complexity index is 361. The summed E-state index contributed by atoms with van der Waals surface area (Å²) in [5.41, 5.74) is 9.44. The van der Waals surface area contributed by atoms with Gasteiger partial charge in [-0.15, -0.1) is 0 Å². The zero-order valence-corrected chi connectivity index (χ0v) is 6.68. The quantitative estimate of drug-likeness (QED) is 0.627. The highest BCUT2D eigenvalue weighted by Gasteiger charge is 2.14. The van der Waals surface area contributed by atoms with Crippen LogP contribution in [-0.2, 0) is 6.54 Å². The summed E-state index contributed by atoms with van der Waals surface area (Å²) in [4.78, 5) is 13.1. The van der Waals surface area contributed by atoms with Gasteiger partial charge in [-0.3, -0.25) is 4.79 Å². The van der Waals surface area contributed by atoms with E-state index in [4.69, 9.17) is 11.5 Å². The number of nitrogens with two attached hydrogens (primary N) is 2. The molecule has 0 aliphatic heterocycles. The molecule has 13 heavy (non-hydrogen) atoms. The molecule has 0 spiro atoms. The maximum atomic E-state index is 12.3. The highest BCUT2D eigenvalue weighted by molar-refractivity contribution is 5.50. The number of pyridine rings is 1. The van der Waals surface area contributed by atoms with Crippen LogP contribution in [0.1, 0.15) is 17.7 Å². The van der Waals surface area contributed by atoms with Gasteiger partial charge in [0, 0.05) is 18.2 Å². The van der Waals surface area contributed by atoms with Crippen LogP contribution in [0.3, 0.4) is 0 Å². The van der Waals surface area contributed by atoms with E-state index in [0.717, 1.165) is 6.07 Å². The minimum atomic E-state index is -2.76. The summed E-state index contributed by atoms with van der Waals surface area (Å²) in [6.07, 6.45) is -2.76. The average molecular weight is 189 g/mol. The van der Waals surface area contributed by atoms with E-state index in [1.54, 1.807) is 0 Å². The van der Waals surface area contributed by atoms with Gasteiger partial charge in [-0.1, -0.05) is 0 Å². The van der Waals surface area contributed by atoms with Gasteiger partial charge in [0.1, 0.15) is 0 Å². The van der Waals surface area contributed by atoms with Crippen molar-refractivity contribution in [3.63, 3.8) is 0 Å². The number of nitrogens with one attached hydrogen (secondary N) is 1. The van der Waals surface area contributed by atoms with Crippen LogP contribution in [0.2, 0.25) is 0 Å². The lowest BCUT2D eigenvalue weighted by Gasteiger charge is -2.07. The number of hydrogen-bond acceptors (Lipinski definition) is 3. The minimum Gasteiger partial charge on any atom is -0.397 e. The number of rotatable bonds is 2. The molecule has 6 heteroatoms. The van der Waals surface area contributed by atoms with Crippen molar-refractivity contribution in [1.29, 1.82) is 0 Å². The van der Waals surface area contributed by atoms with Crippen molar-refractivity contribution in [1.82, 2.24) is 4.98 Å². The van der Waals surface area contributed by atoms with E-state index in [0.29, 0.717) is 0 Å². The second kappa shape index (κ2) is 3.53. The van der Waals surface area contributed by atoms with E-state index in [-0.39, 0.29) is 17.9 Å². The molecule has 0 radical (unpaired) electrons. The van der Waals surface area contributed by atoms with Gasteiger partial charge in [-0.25, -0.2) is 8.78 Å². The summed E-state index contributed by atoms with van der Waals surface area (Å²) in [5, 5.41) is 0. The zero-order chi connectivity index (χ0) is 10.0. The van der Waals surface area contributed by atoms with Crippen LogP contribution in [-0.4, -0.2) is 4.98 Å². The van der Waals surface area contributed by atoms with Crippen molar-refractivity contribution in [3.8, 4) is 0 Å². The van der Waals surface area contributed by atoms with E-state index < -0.39 is 17.5 Å². The third-order valence-corrected chi connectivity index (χ3v) is 1.64. The predicted molar refractivity (Wildman–Crippen MR) is 44.3 cm³/mol. The first kappa shape index (κ1) is 9.66. The van der Waals surface area contributed by atoms with Gasteiger partial charge in [0.05, 0.1) is 11.4 Å². The minimum absolute atomic E-state index is 0.0678. The molecule has 0 fully saturated rings. The molecule has 0 saturated carbocycles. The molecule has 1 heterocycles. The summed E-state index contributed by atoms with van der Waals surface area (Å²) >= 11 is 0. The molecule has 1 rings (SSSR count). The third-order valence-electron chi connectivity index (χ3n) is 1.64. The van der Waals surface area contributed by atoms with Crippen molar-refractivity contribution in [2.75, 3.05) is 5.73 Å². The first-order valence-corrected chi connectivity index (χ1v) is 3.56. The van der Waals surface area contributed by atoms with Crippen LogP contribution in [0.25, 0.3) is 0 Å². The summed E-state index contributed by atoms with van der Waals surface area (Å²) in [6.45, 7) is -0.0678. The van der Waals surface area contributed by atoms with Crippen LogP contribution in [0, 0.1) is 0 Å². The lowest BCUT2D eigenvalue weighted by atomic mass is 10.2. The molecule has 1 aromatic rings. The summed E-state index contributed by atoms with van der Waals surface area (Å²) in [7, 11) is 0. The fourth-order valence-electron chi connectivity index (χ4n) is 0.987. The van der Waals surface area contributed by atoms with Crippen molar-refractivity contribution >= 4 is 5.69 Å². The van der Waals surface area contributed by atoms with E-state index in [9.17, 15) is 13.6 Å². The lowest BCUT2D eigenvalue weighted by molar-refractivity contribution is 0.152. The highest BCUT2D eigenvalue weighted by Crippen LogP contribution is 2.24. The van der Waals surface area contributed by atoms with E-state index in [1.165, 1.54) is 0 Å². The smallest absolute Gasteiger partial charge is 0.266 e. The van der Waals surface area contributed by atoms with Crippen molar-refractivity contribution in [2.45, 2.75) is 13.0 Å². The number of aromatic amines is 1. The number of hydrogen-bond donors (Lipinski definition) is 3. The molecule has 0 aliphatic carbocycles. The van der Waals surface area contributed by atoms with Gasteiger partial charge >= 0.3 is 0 Å². The molecule has 0 aliphatic rings. The van der Waals surface area contributed by atoms with Gasteiger partial charge in [-0.05, 0) is 0 Å². The monoisotopic (exact) mass is 189 g/mol. The average Bonchev–Trinajstić information content (AvgIpc) is 2.08. The number of anilines is 1. The number of nitrogen functional groups attached to an aromatic ring is 1. The number of halogens is 2. The topological polar surface area (TPSA) is 84.9 Å². The standard InChI is InChI=1S/C7H9F2N3O/c8-7(9)3-1-5(13)12-4(2-10)6(3)11/h1,7H,2,10-11H2,(H,12,13). The van der Waals surface area contributed by atoms with Gasteiger partial charge in [0.15, 0.2) is 0 Å². The Morgan fingerprint density at radius 1 is 1.54 bits per heavy atom. The molecule has 0 unspecified atom stereocenters. The van der Waals surface area contributed by atoms with Crippen molar-refractivity contribution < 1.29 is 8.78 Å². The van der Waals surface area contributed by atoms with Crippen LogP contribution in [0.15, 0.2) is 10.9 Å². The number of aromatic nitrogens is 1. The largest absolute Gasteiger partial charge is 0.397 e. The molecule has 5 N–H and O–H groups in total. The normalized spacial score (nSPS) is 10.8. The van der Waals surface area contributed by atoms with Crippen LogP contribution < -0.4 is 17.0 Å². The Hall–Kier alpha value is -1.43. The van der Waals surface area contributed by atoms with Crippen LogP contribution >= 0.6 is 0 Å². The Balaban J connectivity index is 3.36. The fourth-order valence-corrected chi connectivity index (χ4v) is 0.987. The summed E-state index contributed by atoms with van der Waals surface area (Å²) < 4.78 is 24.5. The third kappa shape index (κ3) is 1.83. The Morgan fingerprint density at radius 2 is 2.15 bits per heavy atom. The van der Waals surface area contributed by atoms with Crippen LogP contribution in [0.5, 0.6) is 0 Å². The van der Waals surface area contributed by atoms with Gasteiger partial charge in [-0.2, -0.15) is 0 Å². The van der Waals surface area contributed by atoms with Gasteiger partial charge in [0.2, 0.25) is 5.56 Å².